The van der Waals surface area contributed by atoms with E-state index >= 15 is 0 Å². The fraction of sp³-hybridized carbons (Fsp3) is 0.348. The van der Waals surface area contributed by atoms with Gasteiger partial charge >= 0.3 is 0 Å². The van der Waals surface area contributed by atoms with Crippen molar-refractivity contribution in [1.82, 2.24) is 15.0 Å². The average Bonchev–Trinajstić information content (AvgIpc) is 3.29. The van der Waals surface area contributed by atoms with E-state index in [1.807, 2.05) is 35.2 Å². The molecule has 31 heavy (non-hydrogen) atoms. The van der Waals surface area contributed by atoms with Gasteiger partial charge < -0.3 is 18.9 Å². The third-order valence-corrected chi connectivity index (χ3v) is 5.79. The quantitative estimate of drug-likeness (QED) is 0.565. The summed E-state index contributed by atoms with van der Waals surface area (Å²) in [6, 6.07) is 12.9. The van der Waals surface area contributed by atoms with Crippen molar-refractivity contribution in [2.45, 2.75) is 25.2 Å². The summed E-state index contributed by atoms with van der Waals surface area (Å²) in [5.74, 6) is 2.40. The van der Waals surface area contributed by atoms with Crippen molar-refractivity contribution in [1.29, 1.82) is 0 Å². The molecule has 3 aromatic rings. The first-order valence-electron chi connectivity index (χ1n) is 10.2. The molecule has 1 saturated heterocycles. The van der Waals surface area contributed by atoms with Crippen molar-refractivity contribution in [3.05, 3.63) is 58.9 Å². The molecular weight excluding hydrogens is 418 g/mol. The Hall–Kier alpha value is -3.06. The number of benzene rings is 2. The molecular formula is C23H24ClN3O4. The van der Waals surface area contributed by atoms with E-state index in [1.165, 1.54) is 0 Å². The van der Waals surface area contributed by atoms with Gasteiger partial charge in [-0.15, -0.1) is 0 Å². The first kappa shape index (κ1) is 21.2. The van der Waals surface area contributed by atoms with Crippen LogP contribution in [-0.2, 0) is 11.2 Å². The van der Waals surface area contributed by atoms with Gasteiger partial charge in [0, 0.05) is 19.0 Å². The SMILES string of the molecule is COc1ccc(CC(=O)N2CCC[C@@H](c3noc(-c4ccccc4OC)n3)C2)cc1Cl. The number of likely N-dealkylation sites (tertiary alicyclic amines) is 1. The fourth-order valence-electron chi connectivity index (χ4n) is 3.85. The van der Waals surface area contributed by atoms with Crippen LogP contribution in [0, 0.1) is 0 Å². The van der Waals surface area contributed by atoms with Crippen LogP contribution < -0.4 is 9.47 Å². The predicted molar refractivity (Wildman–Crippen MR) is 117 cm³/mol. The van der Waals surface area contributed by atoms with Crippen molar-refractivity contribution in [2.75, 3.05) is 27.3 Å². The number of halogens is 1. The molecule has 2 aromatic carbocycles. The molecule has 0 saturated carbocycles. The maximum absolute atomic E-state index is 12.9. The highest BCUT2D eigenvalue weighted by molar-refractivity contribution is 6.32. The summed E-state index contributed by atoms with van der Waals surface area (Å²) in [4.78, 5) is 19.4. The molecule has 0 bridgehead atoms. The number of piperidine rings is 1. The number of carbonyl (C=O) groups is 1. The zero-order chi connectivity index (χ0) is 21.8. The summed E-state index contributed by atoms with van der Waals surface area (Å²) in [6.07, 6.45) is 2.08. The zero-order valence-corrected chi connectivity index (χ0v) is 18.3. The largest absolute Gasteiger partial charge is 0.496 e. The van der Waals surface area contributed by atoms with Crippen LogP contribution in [0.4, 0.5) is 0 Å². The predicted octanol–water partition coefficient (Wildman–Crippen LogP) is 4.36. The molecule has 1 amide bonds. The molecule has 4 rings (SSSR count). The summed E-state index contributed by atoms with van der Waals surface area (Å²) in [5.41, 5.74) is 1.61. The minimum Gasteiger partial charge on any atom is -0.496 e. The van der Waals surface area contributed by atoms with Gasteiger partial charge in [-0.3, -0.25) is 4.79 Å². The Balaban J connectivity index is 1.44. The summed E-state index contributed by atoms with van der Waals surface area (Å²) in [5, 5.41) is 4.69. The van der Waals surface area contributed by atoms with Crippen LogP contribution in [0.5, 0.6) is 11.5 Å². The molecule has 0 spiro atoms. The summed E-state index contributed by atoms with van der Waals surface area (Å²) < 4.78 is 16.1. The maximum Gasteiger partial charge on any atom is 0.261 e. The number of hydrogen-bond acceptors (Lipinski definition) is 6. The highest BCUT2D eigenvalue weighted by Gasteiger charge is 2.28. The van der Waals surface area contributed by atoms with Gasteiger partial charge in [0.05, 0.1) is 31.2 Å². The zero-order valence-electron chi connectivity index (χ0n) is 17.5. The third kappa shape index (κ3) is 4.66. The molecule has 1 aliphatic rings. The molecule has 162 valence electrons. The Morgan fingerprint density at radius 3 is 2.77 bits per heavy atom. The Kier molecular flexibility index (Phi) is 6.42. The van der Waals surface area contributed by atoms with Crippen molar-refractivity contribution in [3.63, 3.8) is 0 Å². The molecule has 8 heteroatoms. The topological polar surface area (TPSA) is 77.7 Å². The summed E-state index contributed by atoms with van der Waals surface area (Å²) in [6.45, 7) is 1.28. The van der Waals surface area contributed by atoms with E-state index in [2.05, 4.69) is 10.1 Å². The van der Waals surface area contributed by atoms with Gasteiger partial charge in [0.2, 0.25) is 5.91 Å². The van der Waals surface area contributed by atoms with Crippen LogP contribution in [0.1, 0.15) is 30.1 Å². The highest BCUT2D eigenvalue weighted by atomic mass is 35.5. The van der Waals surface area contributed by atoms with E-state index < -0.39 is 0 Å². The first-order valence-corrected chi connectivity index (χ1v) is 10.5. The lowest BCUT2D eigenvalue weighted by atomic mass is 9.96. The number of rotatable bonds is 6. The van der Waals surface area contributed by atoms with Gasteiger partial charge in [0.15, 0.2) is 5.82 Å². The molecule has 1 atom stereocenters. The number of amides is 1. The lowest BCUT2D eigenvalue weighted by molar-refractivity contribution is -0.131. The Morgan fingerprint density at radius 1 is 1.19 bits per heavy atom. The van der Waals surface area contributed by atoms with Crippen LogP contribution in [0.25, 0.3) is 11.5 Å². The van der Waals surface area contributed by atoms with Crippen LogP contribution in [0.15, 0.2) is 47.0 Å². The molecule has 0 N–H and O–H groups in total. The summed E-state index contributed by atoms with van der Waals surface area (Å²) in [7, 11) is 3.17. The van der Waals surface area contributed by atoms with Crippen LogP contribution in [-0.4, -0.2) is 48.3 Å². The lowest BCUT2D eigenvalue weighted by Gasteiger charge is -2.31. The molecule has 0 unspecified atom stereocenters. The number of carbonyl (C=O) groups excluding carboxylic acids is 1. The van der Waals surface area contributed by atoms with E-state index in [-0.39, 0.29) is 18.2 Å². The van der Waals surface area contributed by atoms with E-state index in [9.17, 15) is 4.79 Å². The standard InChI is InChI=1S/C23H24ClN3O4/c1-29-19-8-4-3-7-17(19)23-25-22(26-31-23)16-6-5-11-27(14-16)21(28)13-15-9-10-20(30-2)18(24)12-15/h3-4,7-10,12,16H,5-6,11,13-14H2,1-2H3/t16-/m1/s1. The first-order chi connectivity index (χ1) is 15.1. The second kappa shape index (κ2) is 9.39. The summed E-state index contributed by atoms with van der Waals surface area (Å²) >= 11 is 6.19. The van der Waals surface area contributed by atoms with E-state index in [0.717, 1.165) is 30.5 Å². The van der Waals surface area contributed by atoms with Gasteiger partial charge in [-0.25, -0.2) is 0 Å². The minimum atomic E-state index is 0.0318. The number of para-hydroxylation sites is 1. The second-order valence-corrected chi connectivity index (χ2v) is 7.89. The van der Waals surface area contributed by atoms with Crippen molar-refractivity contribution in [2.24, 2.45) is 0 Å². The van der Waals surface area contributed by atoms with Crippen LogP contribution in [0.2, 0.25) is 5.02 Å². The molecule has 1 aliphatic heterocycles. The number of ether oxygens (including phenoxy) is 2. The molecule has 0 aliphatic carbocycles. The van der Waals surface area contributed by atoms with Crippen molar-refractivity contribution in [3.8, 4) is 23.0 Å². The number of nitrogens with zero attached hydrogens (tertiary/aromatic N) is 3. The number of aromatic nitrogens is 2. The van der Waals surface area contributed by atoms with E-state index in [1.54, 1.807) is 26.4 Å². The highest BCUT2D eigenvalue weighted by Crippen LogP contribution is 2.31. The van der Waals surface area contributed by atoms with E-state index in [4.69, 9.17) is 25.6 Å². The maximum atomic E-state index is 12.9. The van der Waals surface area contributed by atoms with Gasteiger partial charge in [0.25, 0.3) is 5.89 Å². The van der Waals surface area contributed by atoms with E-state index in [0.29, 0.717) is 34.8 Å². The number of methoxy groups -OCH3 is 2. The van der Waals surface area contributed by atoms with Crippen LogP contribution >= 0.6 is 11.6 Å². The minimum absolute atomic E-state index is 0.0318. The smallest absolute Gasteiger partial charge is 0.261 e. The van der Waals surface area contributed by atoms with Gasteiger partial charge in [-0.2, -0.15) is 4.98 Å². The third-order valence-electron chi connectivity index (χ3n) is 5.49. The Morgan fingerprint density at radius 2 is 2.00 bits per heavy atom. The molecule has 0 radical (unpaired) electrons. The lowest BCUT2D eigenvalue weighted by Crippen LogP contribution is -2.40. The molecule has 1 fully saturated rings. The molecule has 1 aromatic heterocycles. The van der Waals surface area contributed by atoms with Crippen LogP contribution in [0.3, 0.4) is 0 Å². The Bertz CT molecular complexity index is 1070. The van der Waals surface area contributed by atoms with Gasteiger partial charge in [-0.1, -0.05) is 35.0 Å². The Labute approximate surface area is 185 Å². The molecule has 7 nitrogen and oxygen atoms in total. The van der Waals surface area contributed by atoms with Gasteiger partial charge in [0.1, 0.15) is 11.5 Å². The normalized spacial score (nSPS) is 16.2. The number of hydrogen-bond donors (Lipinski definition) is 0. The van der Waals surface area contributed by atoms with Crippen molar-refractivity contribution < 1.29 is 18.8 Å². The second-order valence-electron chi connectivity index (χ2n) is 7.48. The molecule has 2 heterocycles. The van der Waals surface area contributed by atoms with Crippen molar-refractivity contribution >= 4 is 17.5 Å². The fourth-order valence-corrected chi connectivity index (χ4v) is 4.13. The van der Waals surface area contributed by atoms with Gasteiger partial charge in [-0.05, 0) is 42.7 Å². The monoisotopic (exact) mass is 441 g/mol. The average molecular weight is 442 g/mol.